The molecule has 0 aromatic carbocycles. The summed E-state index contributed by atoms with van der Waals surface area (Å²) in [6, 6.07) is 0. The molecule has 1 unspecified atom stereocenters. The predicted octanol–water partition coefficient (Wildman–Crippen LogP) is 2.12. The molecule has 2 aliphatic rings. The highest BCUT2D eigenvalue weighted by atomic mass is 16.2. The van der Waals surface area contributed by atoms with Crippen LogP contribution in [0.15, 0.2) is 0 Å². The van der Waals surface area contributed by atoms with E-state index >= 15 is 0 Å². The zero-order chi connectivity index (χ0) is 12.3. The predicted molar refractivity (Wildman–Crippen MR) is 69.9 cm³/mol. The molecule has 0 aromatic rings. The zero-order valence-corrected chi connectivity index (χ0v) is 11.4. The Hall–Kier alpha value is -0.570. The molecule has 2 heterocycles. The van der Waals surface area contributed by atoms with Crippen molar-refractivity contribution in [2.24, 2.45) is 5.41 Å². The van der Waals surface area contributed by atoms with Gasteiger partial charge in [-0.15, -0.1) is 0 Å². The molecule has 1 spiro atoms. The maximum Gasteiger partial charge on any atom is 0.222 e. The number of amides is 1. The van der Waals surface area contributed by atoms with Gasteiger partial charge < -0.3 is 9.80 Å². The first-order chi connectivity index (χ1) is 8.19. The Morgan fingerprint density at radius 1 is 1.18 bits per heavy atom. The lowest BCUT2D eigenvalue weighted by atomic mass is 9.79. The Kier molecular flexibility index (Phi) is 4.08. The summed E-state index contributed by atoms with van der Waals surface area (Å²) in [7, 11) is 0. The highest BCUT2D eigenvalue weighted by Gasteiger charge is 2.41. The second kappa shape index (κ2) is 5.38. The molecule has 17 heavy (non-hydrogen) atoms. The lowest BCUT2D eigenvalue weighted by Gasteiger charge is -2.40. The standard InChI is InChI=1S/C14H26N2O/c1-3-8-15-10-7-14(11-15)6-5-9-16(12-14)13(17)4-2/h3-12H2,1-2H3. The largest absolute Gasteiger partial charge is 0.342 e. The molecule has 0 radical (unpaired) electrons. The molecule has 0 aromatic heterocycles. The monoisotopic (exact) mass is 238 g/mol. The number of carbonyl (C=O) groups excluding carboxylic acids is 1. The fourth-order valence-corrected chi connectivity index (χ4v) is 3.51. The summed E-state index contributed by atoms with van der Waals surface area (Å²) in [5.41, 5.74) is 0.429. The zero-order valence-electron chi connectivity index (χ0n) is 11.4. The van der Waals surface area contributed by atoms with Crippen molar-refractivity contribution in [2.45, 2.75) is 46.0 Å². The summed E-state index contributed by atoms with van der Waals surface area (Å²) in [5, 5.41) is 0. The first-order valence-corrected chi connectivity index (χ1v) is 7.19. The van der Waals surface area contributed by atoms with E-state index in [1.54, 1.807) is 0 Å². The molecule has 2 aliphatic heterocycles. The van der Waals surface area contributed by atoms with Gasteiger partial charge in [-0.3, -0.25) is 4.79 Å². The smallest absolute Gasteiger partial charge is 0.222 e. The maximum atomic E-state index is 11.8. The van der Waals surface area contributed by atoms with Crippen molar-refractivity contribution in [2.75, 3.05) is 32.7 Å². The third kappa shape index (κ3) is 2.82. The van der Waals surface area contributed by atoms with E-state index in [4.69, 9.17) is 0 Å². The lowest BCUT2D eigenvalue weighted by molar-refractivity contribution is -0.134. The third-order valence-corrected chi connectivity index (χ3v) is 4.37. The lowest BCUT2D eigenvalue weighted by Crippen LogP contribution is -2.47. The third-order valence-electron chi connectivity index (χ3n) is 4.37. The minimum Gasteiger partial charge on any atom is -0.342 e. The van der Waals surface area contributed by atoms with Crippen LogP contribution in [0.5, 0.6) is 0 Å². The molecule has 2 saturated heterocycles. The number of hydrogen-bond donors (Lipinski definition) is 0. The maximum absolute atomic E-state index is 11.8. The van der Waals surface area contributed by atoms with E-state index in [0.29, 0.717) is 17.7 Å². The summed E-state index contributed by atoms with van der Waals surface area (Å²) in [6.07, 6.45) is 5.72. The average molecular weight is 238 g/mol. The van der Waals surface area contributed by atoms with Crippen molar-refractivity contribution in [3.63, 3.8) is 0 Å². The van der Waals surface area contributed by atoms with Crippen molar-refractivity contribution in [3.05, 3.63) is 0 Å². The van der Waals surface area contributed by atoms with Gasteiger partial charge in [-0.2, -0.15) is 0 Å². The summed E-state index contributed by atoms with van der Waals surface area (Å²) in [6.45, 7) is 9.91. The van der Waals surface area contributed by atoms with Gasteiger partial charge in [0.2, 0.25) is 5.91 Å². The molecule has 2 rings (SSSR count). The van der Waals surface area contributed by atoms with Crippen LogP contribution in [0.4, 0.5) is 0 Å². The number of carbonyl (C=O) groups is 1. The molecule has 1 amide bonds. The molecule has 98 valence electrons. The van der Waals surface area contributed by atoms with E-state index in [1.165, 1.54) is 45.3 Å². The van der Waals surface area contributed by atoms with Crippen LogP contribution in [0.2, 0.25) is 0 Å². The average Bonchev–Trinajstić information content (AvgIpc) is 2.71. The Labute approximate surface area is 105 Å². The minimum atomic E-state index is 0.345. The molecule has 0 bridgehead atoms. The fourth-order valence-electron chi connectivity index (χ4n) is 3.51. The number of hydrogen-bond acceptors (Lipinski definition) is 2. The van der Waals surface area contributed by atoms with Crippen molar-refractivity contribution in [1.82, 2.24) is 9.80 Å². The number of nitrogens with zero attached hydrogens (tertiary/aromatic N) is 2. The van der Waals surface area contributed by atoms with Gasteiger partial charge >= 0.3 is 0 Å². The van der Waals surface area contributed by atoms with E-state index in [9.17, 15) is 4.79 Å². The number of rotatable bonds is 3. The Morgan fingerprint density at radius 3 is 2.71 bits per heavy atom. The van der Waals surface area contributed by atoms with Gasteiger partial charge in [-0.05, 0) is 38.8 Å². The van der Waals surface area contributed by atoms with Crippen molar-refractivity contribution >= 4 is 5.91 Å². The number of likely N-dealkylation sites (tertiary alicyclic amines) is 2. The molecule has 0 N–H and O–H groups in total. The Bertz CT molecular complexity index is 279. The van der Waals surface area contributed by atoms with E-state index < -0.39 is 0 Å². The topological polar surface area (TPSA) is 23.6 Å². The van der Waals surface area contributed by atoms with Crippen LogP contribution >= 0.6 is 0 Å². The first-order valence-electron chi connectivity index (χ1n) is 7.19. The van der Waals surface area contributed by atoms with E-state index in [2.05, 4.69) is 16.7 Å². The highest BCUT2D eigenvalue weighted by Crippen LogP contribution is 2.39. The van der Waals surface area contributed by atoms with E-state index in [0.717, 1.165) is 13.1 Å². The Balaban J connectivity index is 1.95. The molecular formula is C14H26N2O. The molecule has 2 fully saturated rings. The SMILES string of the molecule is CCCN1CCC2(CCCN(C(=O)CC)C2)C1. The van der Waals surface area contributed by atoms with Gasteiger partial charge in [-0.25, -0.2) is 0 Å². The Morgan fingerprint density at radius 2 is 2.00 bits per heavy atom. The van der Waals surface area contributed by atoms with E-state index in [1.807, 2.05) is 6.92 Å². The molecule has 3 heteroatoms. The minimum absolute atomic E-state index is 0.345. The van der Waals surface area contributed by atoms with E-state index in [-0.39, 0.29) is 0 Å². The van der Waals surface area contributed by atoms with Crippen LogP contribution in [-0.4, -0.2) is 48.4 Å². The molecule has 1 atom stereocenters. The van der Waals surface area contributed by atoms with Gasteiger partial charge in [0.1, 0.15) is 0 Å². The summed E-state index contributed by atoms with van der Waals surface area (Å²) in [4.78, 5) is 16.5. The van der Waals surface area contributed by atoms with Gasteiger partial charge in [0.05, 0.1) is 0 Å². The van der Waals surface area contributed by atoms with Crippen LogP contribution in [-0.2, 0) is 4.79 Å². The van der Waals surface area contributed by atoms with Crippen LogP contribution in [0, 0.1) is 5.41 Å². The molecule has 0 aliphatic carbocycles. The van der Waals surface area contributed by atoms with Gasteiger partial charge in [0.25, 0.3) is 0 Å². The normalized spacial score (nSPS) is 30.1. The van der Waals surface area contributed by atoms with Crippen LogP contribution < -0.4 is 0 Å². The van der Waals surface area contributed by atoms with Crippen LogP contribution in [0.1, 0.15) is 46.0 Å². The highest BCUT2D eigenvalue weighted by molar-refractivity contribution is 5.76. The second-order valence-corrected chi connectivity index (χ2v) is 5.80. The van der Waals surface area contributed by atoms with Gasteiger partial charge in [0.15, 0.2) is 0 Å². The second-order valence-electron chi connectivity index (χ2n) is 5.80. The number of piperidine rings is 1. The van der Waals surface area contributed by atoms with Crippen molar-refractivity contribution in [3.8, 4) is 0 Å². The fraction of sp³-hybridized carbons (Fsp3) is 0.929. The van der Waals surface area contributed by atoms with Crippen molar-refractivity contribution in [1.29, 1.82) is 0 Å². The summed E-state index contributed by atoms with van der Waals surface area (Å²) < 4.78 is 0. The molecule has 3 nitrogen and oxygen atoms in total. The quantitative estimate of drug-likeness (QED) is 0.752. The summed E-state index contributed by atoms with van der Waals surface area (Å²) in [5.74, 6) is 0.345. The molecule has 0 saturated carbocycles. The van der Waals surface area contributed by atoms with Crippen molar-refractivity contribution < 1.29 is 4.79 Å². The first kappa shape index (κ1) is 12.9. The van der Waals surface area contributed by atoms with Gasteiger partial charge in [0, 0.05) is 31.5 Å². The van der Waals surface area contributed by atoms with Crippen LogP contribution in [0.25, 0.3) is 0 Å². The molecular weight excluding hydrogens is 212 g/mol. The summed E-state index contributed by atoms with van der Waals surface area (Å²) >= 11 is 0. The van der Waals surface area contributed by atoms with Gasteiger partial charge in [-0.1, -0.05) is 13.8 Å². The van der Waals surface area contributed by atoms with Crippen LogP contribution in [0.3, 0.4) is 0 Å².